The Bertz CT molecular complexity index is 724. The van der Waals surface area contributed by atoms with Crippen molar-refractivity contribution in [2.75, 3.05) is 0 Å². The van der Waals surface area contributed by atoms with Gasteiger partial charge >= 0.3 is 0 Å². The van der Waals surface area contributed by atoms with E-state index in [1.54, 1.807) is 11.3 Å². The first-order valence-corrected chi connectivity index (χ1v) is 10.9. The summed E-state index contributed by atoms with van der Waals surface area (Å²) in [5.41, 5.74) is 0.309. The Labute approximate surface area is 160 Å². The predicted octanol–water partition coefficient (Wildman–Crippen LogP) is 4.17. The Morgan fingerprint density at radius 1 is 1.31 bits per heavy atom. The minimum Gasteiger partial charge on any atom is -0.390 e. The fourth-order valence-electron chi connectivity index (χ4n) is 6.31. The molecule has 4 aliphatic carbocycles. The molecule has 5 heteroatoms. The average molecular weight is 377 g/mol. The summed E-state index contributed by atoms with van der Waals surface area (Å²) in [4.78, 5) is 17.9. The highest BCUT2D eigenvalue weighted by molar-refractivity contribution is 7.09. The van der Waals surface area contributed by atoms with E-state index in [0.29, 0.717) is 18.9 Å². The van der Waals surface area contributed by atoms with E-state index in [2.05, 4.69) is 38.4 Å². The van der Waals surface area contributed by atoms with Crippen LogP contribution in [0.3, 0.4) is 0 Å². The molecule has 0 aromatic carbocycles. The molecule has 0 aliphatic heterocycles. The van der Waals surface area contributed by atoms with Gasteiger partial charge in [-0.15, -0.1) is 11.3 Å². The lowest BCUT2D eigenvalue weighted by atomic mass is 9.42. The number of aromatic nitrogens is 1. The van der Waals surface area contributed by atoms with Gasteiger partial charge in [-0.2, -0.15) is 0 Å². The SMILES string of the molecule is CCC12CC3CC(O)(C1)CC(C(=O)NCc1nc(C(C)(C)C)cs1)(C3)C2. The van der Waals surface area contributed by atoms with Gasteiger partial charge in [-0.3, -0.25) is 4.79 Å². The molecule has 0 saturated heterocycles. The molecule has 4 aliphatic rings. The van der Waals surface area contributed by atoms with E-state index in [-0.39, 0.29) is 22.2 Å². The molecule has 4 fully saturated rings. The Kier molecular flexibility index (Phi) is 4.09. The zero-order chi connectivity index (χ0) is 18.8. The van der Waals surface area contributed by atoms with Gasteiger partial charge in [0, 0.05) is 10.8 Å². The molecule has 5 rings (SSSR count). The van der Waals surface area contributed by atoms with Crippen molar-refractivity contribution in [1.82, 2.24) is 10.3 Å². The highest BCUT2D eigenvalue weighted by Gasteiger charge is 2.64. The van der Waals surface area contributed by atoms with Gasteiger partial charge in [0.25, 0.3) is 0 Å². The van der Waals surface area contributed by atoms with Gasteiger partial charge in [0.2, 0.25) is 5.91 Å². The largest absolute Gasteiger partial charge is 0.390 e. The lowest BCUT2D eigenvalue weighted by molar-refractivity contribution is -0.204. The highest BCUT2D eigenvalue weighted by Crippen LogP contribution is 2.67. The zero-order valence-electron chi connectivity index (χ0n) is 16.5. The number of nitrogens with zero attached hydrogens (tertiary/aromatic N) is 1. The second-order valence-corrected chi connectivity index (χ2v) is 11.4. The summed E-state index contributed by atoms with van der Waals surface area (Å²) in [5, 5.41) is 17.3. The predicted molar refractivity (Wildman–Crippen MR) is 104 cm³/mol. The number of nitrogens with one attached hydrogen (secondary N) is 1. The molecule has 1 aromatic heterocycles. The van der Waals surface area contributed by atoms with Gasteiger partial charge in [-0.05, 0) is 49.9 Å². The van der Waals surface area contributed by atoms with Crippen molar-refractivity contribution < 1.29 is 9.90 Å². The second kappa shape index (κ2) is 5.78. The van der Waals surface area contributed by atoms with Crippen molar-refractivity contribution in [2.24, 2.45) is 16.7 Å². The van der Waals surface area contributed by atoms with E-state index in [0.717, 1.165) is 42.8 Å². The van der Waals surface area contributed by atoms with Crippen LogP contribution < -0.4 is 5.32 Å². The lowest BCUT2D eigenvalue weighted by Crippen LogP contribution is -2.63. The number of rotatable bonds is 4. The number of thiazole rings is 1. The van der Waals surface area contributed by atoms with Crippen LogP contribution in [0.4, 0.5) is 0 Å². The summed E-state index contributed by atoms with van der Waals surface area (Å²) >= 11 is 1.62. The van der Waals surface area contributed by atoms with Crippen LogP contribution in [0, 0.1) is 16.7 Å². The first kappa shape index (κ1) is 18.4. The second-order valence-electron chi connectivity index (χ2n) is 10.4. The lowest BCUT2D eigenvalue weighted by Gasteiger charge is -2.64. The van der Waals surface area contributed by atoms with Crippen LogP contribution in [0.15, 0.2) is 5.38 Å². The van der Waals surface area contributed by atoms with Gasteiger partial charge in [-0.25, -0.2) is 4.98 Å². The Hall–Kier alpha value is -0.940. The molecule has 0 spiro atoms. The van der Waals surface area contributed by atoms with Crippen LogP contribution in [0.5, 0.6) is 0 Å². The standard InChI is InChI=1S/C21H32N2O2S/c1-5-19-6-14-7-20(11-19,13-21(25,8-14)12-19)17(24)22-9-16-23-15(10-26-16)18(2,3)4/h10,14,25H,5-9,11-13H2,1-4H3,(H,22,24). The van der Waals surface area contributed by atoms with Crippen molar-refractivity contribution in [3.05, 3.63) is 16.1 Å². The van der Waals surface area contributed by atoms with E-state index in [9.17, 15) is 9.90 Å². The smallest absolute Gasteiger partial charge is 0.226 e. The normalized spacial score (nSPS) is 38.6. The van der Waals surface area contributed by atoms with E-state index in [1.807, 2.05) is 0 Å². The minimum atomic E-state index is -0.618. The molecular formula is C21H32N2O2S. The number of carbonyl (C=O) groups is 1. The summed E-state index contributed by atoms with van der Waals surface area (Å²) in [6.07, 6.45) is 6.61. The maximum absolute atomic E-state index is 13.2. The minimum absolute atomic E-state index is 0.0372. The van der Waals surface area contributed by atoms with Gasteiger partial charge in [0.15, 0.2) is 0 Å². The molecule has 4 bridgehead atoms. The first-order chi connectivity index (χ1) is 12.1. The number of aliphatic hydroxyl groups is 1. The third kappa shape index (κ3) is 3.01. The Morgan fingerprint density at radius 3 is 2.69 bits per heavy atom. The quantitative estimate of drug-likeness (QED) is 0.829. The number of hydrogen-bond donors (Lipinski definition) is 2. The maximum Gasteiger partial charge on any atom is 0.226 e. The third-order valence-corrected chi connectivity index (χ3v) is 7.96. The summed E-state index contributed by atoms with van der Waals surface area (Å²) in [7, 11) is 0. The van der Waals surface area contributed by atoms with Crippen molar-refractivity contribution >= 4 is 17.2 Å². The Morgan fingerprint density at radius 2 is 2.08 bits per heavy atom. The third-order valence-electron chi connectivity index (χ3n) is 7.11. The molecule has 1 heterocycles. The van der Waals surface area contributed by atoms with E-state index in [4.69, 9.17) is 4.98 Å². The van der Waals surface area contributed by atoms with Crippen molar-refractivity contribution in [3.8, 4) is 0 Å². The van der Waals surface area contributed by atoms with Crippen molar-refractivity contribution in [2.45, 2.75) is 90.2 Å². The van der Waals surface area contributed by atoms with Crippen molar-refractivity contribution in [1.29, 1.82) is 0 Å². The molecule has 1 aromatic rings. The van der Waals surface area contributed by atoms with Gasteiger partial charge in [-0.1, -0.05) is 34.1 Å². The summed E-state index contributed by atoms with van der Waals surface area (Å²) in [5.74, 6) is 0.652. The number of carbonyl (C=O) groups excluding carboxylic acids is 1. The van der Waals surface area contributed by atoms with Crippen LogP contribution >= 0.6 is 11.3 Å². The summed E-state index contributed by atoms with van der Waals surface area (Å²) < 4.78 is 0. The first-order valence-electron chi connectivity index (χ1n) is 10.0. The Balaban J connectivity index is 1.49. The van der Waals surface area contributed by atoms with Crippen LogP contribution in [0.2, 0.25) is 0 Å². The fraction of sp³-hybridized carbons (Fsp3) is 0.810. The molecule has 144 valence electrons. The molecular weight excluding hydrogens is 344 g/mol. The van der Waals surface area contributed by atoms with E-state index >= 15 is 0 Å². The van der Waals surface area contributed by atoms with E-state index < -0.39 is 5.60 Å². The topological polar surface area (TPSA) is 62.2 Å². The van der Waals surface area contributed by atoms with Crippen molar-refractivity contribution in [3.63, 3.8) is 0 Å². The molecule has 4 saturated carbocycles. The molecule has 2 N–H and O–H groups in total. The monoisotopic (exact) mass is 376 g/mol. The number of hydrogen-bond acceptors (Lipinski definition) is 4. The molecule has 0 radical (unpaired) electrons. The average Bonchev–Trinajstić information content (AvgIpc) is 2.99. The highest BCUT2D eigenvalue weighted by atomic mass is 32.1. The van der Waals surface area contributed by atoms with Gasteiger partial charge in [0.1, 0.15) is 5.01 Å². The molecule has 4 unspecified atom stereocenters. The molecule has 4 atom stereocenters. The molecule has 26 heavy (non-hydrogen) atoms. The molecule has 1 amide bonds. The maximum atomic E-state index is 13.2. The van der Waals surface area contributed by atoms with Crippen LogP contribution in [-0.2, 0) is 16.8 Å². The van der Waals surface area contributed by atoms with Crippen LogP contribution in [0.1, 0.15) is 83.3 Å². The number of amides is 1. The molecule has 4 nitrogen and oxygen atoms in total. The van der Waals surface area contributed by atoms with E-state index in [1.165, 1.54) is 6.42 Å². The summed E-state index contributed by atoms with van der Waals surface area (Å²) in [6.45, 7) is 9.20. The van der Waals surface area contributed by atoms with Gasteiger partial charge in [0.05, 0.1) is 23.3 Å². The van der Waals surface area contributed by atoms with Crippen LogP contribution in [-0.4, -0.2) is 21.6 Å². The fourth-order valence-corrected chi connectivity index (χ4v) is 7.27. The van der Waals surface area contributed by atoms with Gasteiger partial charge < -0.3 is 10.4 Å². The summed E-state index contributed by atoms with van der Waals surface area (Å²) in [6, 6.07) is 0. The van der Waals surface area contributed by atoms with Crippen LogP contribution in [0.25, 0.3) is 0 Å². The zero-order valence-corrected chi connectivity index (χ0v) is 17.3.